The number of carbonyl (C=O) groups is 5. The molecule has 1 aromatic carbocycles. The average Bonchev–Trinajstić information content (AvgIpc) is 3.74. The van der Waals surface area contributed by atoms with E-state index in [1.165, 1.54) is 12.5 Å². The normalized spacial score (nSPS) is 13.9. The number of fused-ring (bicyclic) bond motifs is 1. The number of aromatic nitrogens is 3. The van der Waals surface area contributed by atoms with Crippen LogP contribution in [0.2, 0.25) is 16.6 Å². The third-order valence-electron chi connectivity index (χ3n) is 10.0. The number of carboxylic acids is 2. The van der Waals surface area contributed by atoms with Gasteiger partial charge in [-0.25, -0.2) is 9.78 Å². The number of rotatable bonds is 20. The Morgan fingerprint density at radius 1 is 0.852 bits per heavy atom. The highest BCUT2D eigenvalue weighted by molar-refractivity contribution is 6.90. The Kier molecular flexibility index (Phi) is 16.0. The highest BCUT2D eigenvalue weighted by Gasteiger charge is 2.42. The first-order valence-electron chi connectivity index (χ1n) is 18.4. The molecule has 0 unspecified atom stereocenters. The molecule has 0 aliphatic heterocycles. The summed E-state index contributed by atoms with van der Waals surface area (Å²) in [5.41, 5.74) is 18.9. The van der Waals surface area contributed by atoms with Crippen molar-refractivity contribution in [2.75, 3.05) is 6.54 Å². The van der Waals surface area contributed by atoms with Crippen LogP contribution < -0.4 is 27.4 Å². The molecule has 0 radical (unpaired) electrons. The van der Waals surface area contributed by atoms with Crippen LogP contribution in [0.3, 0.4) is 0 Å². The van der Waals surface area contributed by atoms with Crippen LogP contribution in [0, 0.1) is 11.5 Å². The van der Waals surface area contributed by atoms with Crippen LogP contribution in [0.15, 0.2) is 36.8 Å². The van der Waals surface area contributed by atoms with Gasteiger partial charge in [0.2, 0.25) is 17.7 Å². The summed E-state index contributed by atoms with van der Waals surface area (Å²) in [6, 6.07) is 2.07. The molecule has 54 heavy (non-hydrogen) atoms. The summed E-state index contributed by atoms with van der Waals surface area (Å²) in [6.45, 7) is 13.6. The summed E-state index contributed by atoms with van der Waals surface area (Å²) in [6.07, 6.45) is 3.46. The van der Waals surface area contributed by atoms with Gasteiger partial charge in [0.05, 0.1) is 24.5 Å². The van der Waals surface area contributed by atoms with Gasteiger partial charge in [0.25, 0.3) is 0 Å². The lowest BCUT2D eigenvalue weighted by molar-refractivity contribution is -0.147. The van der Waals surface area contributed by atoms with Gasteiger partial charge in [0.1, 0.15) is 26.2 Å². The van der Waals surface area contributed by atoms with Crippen molar-refractivity contribution < 1.29 is 34.2 Å². The SMILES string of the molecule is CC(C)[Si](C#Cc1[nH]c2ccccc2c1C[C@H](NC(=O)[C@H](Cc1cnc[nH]1)NC(=O)[C@H](N)CCCCN)C(=O)N[C@@H](CC(=O)O)C(=O)O)(C(C)C)C(C)C. The Hall–Kier alpha value is -4.98. The summed E-state index contributed by atoms with van der Waals surface area (Å²) in [5.74, 6) is -1.82. The van der Waals surface area contributed by atoms with Gasteiger partial charge in [0, 0.05) is 35.6 Å². The van der Waals surface area contributed by atoms with E-state index in [1.807, 2.05) is 24.3 Å². The number of nitrogens with zero attached hydrogens (tertiary/aromatic N) is 1. The number of nitrogens with two attached hydrogens (primary N) is 2. The fourth-order valence-corrected chi connectivity index (χ4v) is 12.4. The van der Waals surface area contributed by atoms with Crippen molar-refractivity contribution in [3.63, 3.8) is 0 Å². The second kappa shape index (κ2) is 19.9. The molecule has 2 heterocycles. The molecule has 11 N–H and O–H groups in total. The van der Waals surface area contributed by atoms with Crippen LogP contribution in [0.25, 0.3) is 10.9 Å². The summed E-state index contributed by atoms with van der Waals surface area (Å²) in [5, 5.41) is 27.6. The molecule has 0 aliphatic rings. The number of hydrogen-bond donors (Lipinski definition) is 9. The molecule has 3 amide bonds. The number of aromatic amines is 2. The van der Waals surface area contributed by atoms with Crippen molar-refractivity contribution in [1.29, 1.82) is 0 Å². The summed E-state index contributed by atoms with van der Waals surface area (Å²) in [4.78, 5) is 75.1. The van der Waals surface area contributed by atoms with Crippen LogP contribution in [0.1, 0.15) is 84.2 Å². The van der Waals surface area contributed by atoms with E-state index < -0.39 is 68.3 Å². The fourth-order valence-electron chi connectivity index (χ4n) is 7.20. The molecule has 0 fully saturated rings. The van der Waals surface area contributed by atoms with Crippen molar-refractivity contribution in [3.8, 4) is 11.5 Å². The number of imidazole rings is 1. The zero-order valence-corrected chi connectivity index (χ0v) is 33.0. The van der Waals surface area contributed by atoms with Crippen molar-refractivity contribution in [3.05, 3.63) is 53.7 Å². The fraction of sp³-hybridized carbons (Fsp3) is 0.526. The number of carboxylic acid groups (broad SMARTS) is 2. The lowest BCUT2D eigenvalue weighted by atomic mass is 10.00. The number of para-hydroxylation sites is 1. The van der Waals surface area contributed by atoms with Gasteiger partial charge in [-0.2, -0.15) is 0 Å². The molecule has 0 bridgehead atoms. The van der Waals surface area contributed by atoms with Gasteiger partial charge in [0.15, 0.2) is 0 Å². The van der Waals surface area contributed by atoms with E-state index >= 15 is 0 Å². The van der Waals surface area contributed by atoms with E-state index in [2.05, 4.69) is 83.9 Å². The van der Waals surface area contributed by atoms with Crippen molar-refractivity contribution >= 4 is 48.6 Å². The third-order valence-corrected chi connectivity index (χ3v) is 16.3. The van der Waals surface area contributed by atoms with Gasteiger partial charge < -0.3 is 47.6 Å². The van der Waals surface area contributed by atoms with Crippen molar-refractivity contribution in [1.82, 2.24) is 30.9 Å². The number of aliphatic carboxylic acids is 2. The van der Waals surface area contributed by atoms with E-state index in [9.17, 15) is 34.2 Å². The van der Waals surface area contributed by atoms with E-state index in [0.29, 0.717) is 59.4 Å². The lowest BCUT2D eigenvalue weighted by Crippen LogP contribution is -2.58. The van der Waals surface area contributed by atoms with Gasteiger partial charge in [-0.05, 0) is 47.6 Å². The molecule has 3 aromatic rings. The molecule has 0 saturated heterocycles. The summed E-state index contributed by atoms with van der Waals surface area (Å²) in [7, 11) is -2.22. The first kappa shape index (κ1) is 43.4. The standard InChI is InChI=1S/C38H56N8O7Si/c1-22(2)54(23(3)4,24(5)6)16-14-30-27(26-11-7-8-13-29(26)43-30)18-32(37(51)46-33(38(52)53)19-34(47)48)45-36(50)31(17-25-20-41-21-42-25)44-35(49)28(40)12-9-10-15-39/h7-8,11,13,20-24,28,31-33,43H,9-10,12,15,17-19,39-40H2,1-6H3,(H,41,42)(H,44,49)(H,45,50)(H,46,51)(H,47,48)(H,52,53)/t28-,31+,32+,33+/m1/s1. The van der Waals surface area contributed by atoms with Crippen LogP contribution in [0.5, 0.6) is 0 Å². The monoisotopic (exact) mass is 764 g/mol. The van der Waals surface area contributed by atoms with Crippen LogP contribution in [-0.2, 0) is 36.8 Å². The lowest BCUT2D eigenvalue weighted by Gasteiger charge is -2.38. The molecule has 3 rings (SSSR count). The minimum atomic E-state index is -2.22. The largest absolute Gasteiger partial charge is 0.481 e. The van der Waals surface area contributed by atoms with Crippen LogP contribution in [-0.4, -0.2) is 93.6 Å². The van der Waals surface area contributed by atoms with E-state index in [4.69, 9.17) is 11.5 Å². The van der Waals surface area contributed by atoms with Crippen LogP contribution in [0.4, 0.5) is 0 Å². The Labute approximate surface area is 317 Å². The number of unbranched alkanes of at least 4 members (excludes halogenated alkanes) is 1. The van der Waals surface area contributed by atoms with Crippen LogP contribution >= 0.6 is 0 Å². The Morgan fingerprint density at radius 3 is 2.00 bits per heavy atom. The first-order valence-corrected chi connectivity index (χ1v) is 20.7. The molecule has 0 aliphatic carbocycles. The second-order valence-corrected chi connectivity index (χ2v) is 20.2. The Morgan fingerprint density at radius 2 is 1.44 bits per heavy atom. The van der Waals surface area contributed by atoms with Gasteiger partial charge >= 0.3 is 11.9 Å². The predicted molar refractivity (Wildman–Crippen MR) is 209 cm³/mol. The number of H-pyrrole nitrogens is 2. The molecule has 15 nitrogen and oxygen atoms in total. The number of amides is 3. The Bertz CT molecular complexity index is 1790. The zero-order chi connectivity index (χ0) is 40.2. The molecule has 2 aromatic heterocycles. The molecule has 16 heteroatoms. The second-order valence-electron chi connectivity index (χ2n) is 14.7. The van der Waals surface area contributed by atoms with Gasteiger partial charge in [-0.3, -0.25) is 19.2 Å². The summed E-state index contributed by atoms with van der Waals surface area (Å²) < 4.78 is 0. The zero-order valence-electron chi connectivity index (χ0n) is 32.0. The number of carbonyl (C=O) groups excluding carboxylic acids is 3. The minimum Gasteiger partial charge on any atom is -0.481 e. The number of benzene rings is 1. The topological polar surface area (TPSA) is 258 Å². The molecular weight excluding hydrogens is 709 g/mol. The number of hydrogen-bond acceptors (Lipinski definition) is 8. The van der Waals surface area contributed by atoms with E-state index in [-0.39, 0.29) is 12.8 Å². The van der Waals surface area contributed by atoms with E-state index in [0.717, 1.165) is 10.9 Å². The number of nitrogens with one attached hydrogen (secondary N) is 5. The van der Waals surface area contributed by atoms with E-state index in [1.54, 1.807) is 0 Å². The molecular formula is C38H56N8O7Si. The smallest absolute Gasteiger partial charge is 0.326 e. The minimum absolute atomic E-state index is 0.0334. The average molecular weight is 765 g/mol. The Balaban J connectivity index is 2.12. The highest BCUT2D eigenvalue weighted by atomic mass is 28.3. The molecule has 4 atom stereocenters. The highest BCUT2D eigenvalue weighted by Crippen LogP contribution is 2.41. The maximum atomic E-state index is 14.1. The maximum absolute atomic E-state index is 14.1. The molecule has 294 valence electrons. The third kappa shape index (κ3) is 11.3. The summed E-state index contributed by atoms with van der Waals surface area (Å²) >= 11 is 0. The molecule has 0 spiro atoms. The predicted octanol–water partition coefficient (Wildman–Crippen LogP) is 2.72. The molecule has 0 saturated carbocycles. The maximum Gasteiger partial charge on any atom is 0.326 e. The van der Waals surface area contributed by atoms with Gasteiger partial charge in [-0.1, -0.05) is 72.1 Å². The van der Waals surface area contributed by atoms with Gasteiger partial charge in [-0.15, -0.1) is 5.54 Å². The quantitative estimate of drug-likeness (QED) is 0.0462. The first-order chi connectivity index (χ1) is 25.5. The van der Waals surface area contributed by atoms with Crippen molar-refractivity contribution in [2.45, 2.75) is 121 Å². The van der Waals surface area contributed by atoms with Crippen molar-refractivity contribution in [2.24, 2.45) is 11.5 Å².